The van der Waals surface area contributed by atoms with Gasteiger partial charge in [-0.05, 0) is 238 Å². The van der Waals surface area contributed by atoms with Gasteiger partial charge < -0.3 is 28.4 Å². The molecule has 702 valence electrons. The van der Waals surface area contributed by atoms with Gasteiger partial charge in [-0.15, -0.1) is 0 Å². The largest absolute Gasteiger partial charge is 0.310 e. The fraction of sp³-hybridized carbons (Fsp3) is 0.0704. The van der Waals surface area contributed by atoms with Gasteiger partial charge >= 0.3 is 0 Å². The zero-order chi connectivity index (χ0) is 99.0. The first-order valence-corrected chi connectivity index (χ1v) is 52.4. The Labute approximate surface area is 867 Å². The molecule has 0 fully saturated rings. The van der Waals surface area contributed by atoms with Crippen LogP contribution in [0.2, 0.25) is 0 Å². The van der Waals surface area contributed by atoms with Gasteiger partial charge in [0.15, 0.2) is 0 Å². The number of benzene rings is 22. The summed E-state index contributed by atoms with van der Waals surface area (Å²) in [7, 11) is 0. The van der Waals surface area contributed by atoms with E-state index in [1.807, 2.05) is 0 Å². The first-order chi connectivity index (χ1) is 73.2. The van der Waals surface area contributed by atoms with E-state index in [0.29, 0.717) is 0 Å². The second-order valence-electron chi connectivity index (χ2n) is 43.2. The van der Waals surface area contributed by atoms with Crippen LogP contribution in [0.5, 0.6) is 0 Å². The molecule has 6 nitrogen and oxygen atoms in total. The minimum atomic E-state index is -0.744. The van der Waals surface area contributed by atoms with Crippen molar-refractivity contribution in [3.63, 3.8) is 0 Å². The van der Waals surface area contributed by atoms with Crippen molar-refractivity contribution in [1.82, 2.24) is 8.80 Å². The molecule has 0 unspecified atom stereocenters. The maximum Gasteiger partial charge on any atom is 0.252 e. The highest BCUT2D eigenvalue weighted by Gasteiger charge is 2.52. The summed E-state index contributed by atoms with van der Waals surface area (Å²) in [6.07, 6.45) is 0. The van der Waals surface area contributed by atoms with Gasteiger partial charge in [-0.25, -0.2) is 0 Å². The van der Waals surface area contributed by atoms with Crippen molar-refractivity contribution in [2.24, 2.45) is 0 Å². The average molecular weight is 1900 g/mol. The second-order valence-corrected chi connectivity index (χ2v) is 43.2. The Bertz CT molecular complexity index is 9340. The summed E-state index contributed by atoms with van der Waals surface area (Å²) in [5.74, 6) is 0. The molecule has 0 saturated carbocycles. The Kier molecular flexibility index (Phi) is 18.9. The Hall–Kier alpha value is -18.3. The van der Waals surface area contributed by atoms with E-state index in [9.17, 15) is 0 Å². The van der Waals surface area contributed by atoms with Crippen LogP contribution in [0.15, 0.2) is 504 Å². The maximum absolute atomic E-state index is 2.84. The lowest BCUT2D eigenvalue weighted by Gasteiger charge is -2.48. The molecule has 30 rings (SSSR count). The molecule has 26 aromatic rings. The molecule has 0 saturated heterocycles. The lowest BCUT2D eigenvalue weighted by Crippen LogP contribution is -2.61. The molecule has 4 aliphatic rings. The summed E-state index contributed by atoms with van der Waals surface area (Å²) in [6, 6.07) is 194. The lowest BCUT2D eigenvalue weighted by molar-refractivity contribution is 0.590. The molecule has 0 aliphatic carbocycles. The van der Waals surface area contributed by atoms with Crippen LogP contribution in [0, 0.1) is 0 Å². The maximum atomic E-state index is 2.84. The third-order valence-electron chi connectivity index (χ3n) is 33.3. The van der Waals surface area contributed by atoms with Crippen molar-refractivity contribution in [1.29, 1.82) is 0 Å². The molecule has 0 atom stereocenters. The third kappa shape index (κ3) is 12.5. The molecule has 4 aliphatic heterocycles. The molecule has 8 heterocycles. The Morgan fingerprint density at radius 2 is 0.497 bits per heavy atom. The quantitative estimate of drug-likeness (QED) is 0.107. The number of nitrogens with zero attached hydrogens (tertiary/aromatic N) is 6. The molecular formula is C142H101BN6. The van der Waals surface area contributed by atoms with Gasteiger partial charge in [0.1, 0.15) is 0 Å². The second kappa shape index (κ2) is 32.6. The highest BCUT2D eigenvalue weighted by molar-refractivity contribution is 7.00. The number of fused-ring (bicyclic) bond motifs is 20. The molecule has 0 radical (unpaired) electrons. The molecule has 0 bridgehead atoms. The van der Waals surface area contributed by atoms with Crippen molar-refractivity contribution < 1.29 is 0 Å². The van der Waals surface area contributed by atoms with Crippen molar-refractivity contribution >= 4 is 168 Å². The molecule has 149 heavy (non-hydrogen) atoms. The van der Waals surface area contributed by atoms with E-state index in [4.69, 9.17) is 0 Å². The molecule has 0 N–H and O–H groups in total. The van der Waals surface area contributed by atoms with E-state index in [0.717, 1.165) is 129 Å². The van der Waals surface area contributed by atoms with Crippen LogP contribution in [0.3, 0.4) is 0 Å². The average Bonchev–Trinajstić information content (AvgIpc) is 1.21. The summed E-state index contributed by atoms with van der Waals surface area (Å²) in [4.78, 5) is 10.8. The SMILES string of the molecule is CC(C)(C)c1ccc(-c2cc3c4c(c2)N(c2c(-c5cc6c7ccccc7n7c8ccccc8c(c5)c67)cc(C(C)(C)C)cc2-c2cc5c6ccccc6n6c7ccccc7c(c2)c56)c2cc(N5c6ccccc6C(c6ccccc6)(c6ccccc6)c6ccccc65)ccc2B4c2ccc(N4c5ccccc5C(c5ccccc5)(c5ccccc5)c5ccccc54)cc2N3c2c(-c3ccccc3)cccc2-c2ccccc2)cc1. The number of hydrogen-bond donors (Lipinski definition) is 0. The van der Waals surface area contributed by atoms with Crippen LogP contribution < -0.4 is 36.0 Å². The standard InChI is InChI=1S/C142H101BN6/c1-139(2,3)96-74-72-90(73-75-96)93-84-132-134-133(85-93)149(136-110(94-80-112-106-54-25-33-64-122(106)146-123-65-34-26-55-107(123)113(81-94)137(112)146)86-101(140(4,5)6)87-111(136)95-82-114-108-56-27-35-66-124(108)147-125-67-36-28-57-109(125)115(83-95)138(114)147)131-89-103(145-128-70-39-31-62-118(128)142(99-50-21-11-22-51-99,100-52-23-12-24-53-100)119-63-32-40-71-129(119)145)77-79-121(131)143(134)120-78-76-102(88-130(120)148(132)135-104(91-42-13-7-14-43-91)58-41-59-105(135)92-44-15-8-16-45-92)144-126-68-37-29-60-116(126)141(97-46-17-9-18-47-97,98-48-19-10-20-49-98)117-61-30-38-69-127(117)144/h7-89H,1-6H3. The van der Waals surface area contributed by atoms with Gasteiger partial charge in [-0.1, -0.05) is 424 Å². The van der Waals surface area contributed by atoms with Crippen LogP contribution in [0.1, 0.15) is 97.2 Å². The zero-order valence-corrected chi connectivity index (χ0v) is 83.7. The summed E-state index contributed by atoms with van der Waals surface area (Å²) < 4.78 is 5.08. The molecule has 0 amide bonds. The molecule has 22 aromatic carbocycles. The minimum Gasteiger partial charge on any atom is -0.310 e. The fourth-order valence-electron chi connectivity index (χ4n) is 26.9. The van der Waals surface area contributed by atoms with Gasteiger partial charge in [0.25, 0.3) is 6.71 Å². The number of anilines is 12. The van der Waals surface area contributed by atoms with Gasteiger partial charge in [-0.2, -0.15) is 0 Å². The van der Waals surface area contributed by atoms with E-state index in [-0.39, 0.29) is 5.41 Å². The number of hydrogen-bond acceptors (Lipinski definition) is 4. The Morgan fingerprint density at radius 3 is 0.832 bits per heavy atom. The Balaban J connectivity index is 0.784. The summed E-state index contributed by atoms with van der Waals surface area (Å²) in [5.41, 5.74) is 44.7. The van der Waals surface area contributed by atoms with Crippen LogP contribution in [0.4, 0.5) is 68.2 Å². The van der Waals surface area contributed by atoms with E-state index in [2.05, 4.69) is 573 Å². The van der Waals surface area contributed by atoms with Crippen LogP contribution in [0.25, 0.3) is 132 Å². The molecule has 4 aromatic heterocycles. The van der Waals surface area contributed by atoms with E-state index >= 15 is 0 Å². The van der Waals surface area contributed by atoms with Crippen molar-refractivity contribution in [3.05, 3.63) is 559 Å². The van der Waals surface area contributed by atoms with Gasteiger partial charge in [0, 0.05) is 99.5 Å². The molecule has 0 spiro atoms. The highest BCUT2D eigenvalue weighted by Crippen LogP contribution is 2.64. The number of rotatable bonds is 13. The minimum absolute atomic E-state index is 0.149. The molecular weight excluding hydrogens is 1800 g/mol. The first kappa shape index (κ1) is 86.2. The smallest absolute Gasteiger partial charge is 0.252 e. The summed E-state index contributed by atoms with van der Waals surface area (Å²) >= 11 is 0. The lowest BCUT2D eigenvalue weighted by atomic mass is 9.33. The highest BCUT2D eigenvalue weighted by atomic mass is 15.2. The van der Waals surface area contributed by atoms with Crippen molar-refractivity contribution in [2.45, 2.75) is 63.2 Å². The summed E-state index contributed by atoms with van der Waals surface area (Å²) in [5, 5.41) is 9.70. The van der Waals surface area contributed by atoms with E-state index in [1.165, 1.54) is 143 Å². The summed E-state index contributed by atoms with van der Waals surface area (Å²) in [6.45, 7) is 13.8. The van der Waals surface area contributed by atoms with Crippen LogP contribution >= 0.6 is 0 Å². The van der Waals surface area contributed by atoms with E-state index in [1.54, 1.807) is 0 Å². The number of aromatic nitrogens is 2. The topological polar surface area (TPSA) is 21.8 Å². The van der Waals surface area contributed by atoms with Gasteiger partial charge in [-0.3, -0.25) is 0 Å². The van der Waals surface area contributed by atoms with Crippen molar-refractivity contribution in [3.8, 4) is 55.6 Å². The van der Waals surface area contributed by atoms with E-state index < -0.39 is 23.0 Å². The predicted molar refractivity (Wildman–Crippen MR) is 627 cm³/mol. The van der Waals surface area contributed by atoms with Gasteiger partial charge in [0.2, 0.25) is 0 Å². The molecule has 7 heteroatoms. The normalized spacial score (nSPS) is 13.9. The van der Waals surface area contributed by atoms with Crippen LogP contribution in [-0.4, -0.2) is 15.5 Å². The monoisotopic (exact) mass is 1900 g/mol. The predicted octanol–water partition coefficient (Wildman–Crippen LogP) is 35.3. The Morgan fingerprint density at radius 1 is 0.195 bits per heavy atom. The third-order valence-corrected chi connectivity index (χ3v) is 33.3. The van der Waals surface area contributed by atoms with Crippen molar-refractivity contribution in [2.75, 3.05) is 19.6 Å². The van der Waals surface area contributed by atoms with Gasteiger partial charge in [0.05, 0.1) is 78.1 Å². The zero-order valence-electron chi connectivity index (χ0n) is 83.7. The first-order valence-electron chi connectivity index (χ1n) is 52.4. The fourth-order valence-corrected chi connectivity index (χ4v) is 26.9. The number of para-hydroxylation sites is 9. The van der Waals surface area contributed by atoms with Crippen LogP contribution in [-0.2, 0) is 21.7 Å².